The van der Waals surface area contributed by atoms with Gasteiger partial charge in [-0.3, -0.25) is 4.79 Å². The second-order valence-corrected chi connectivity index (χ2v) is 5.74. The molecule has 17 heavy (non-hydrogen) atoms. The lowest BCUT2D eigenvalue weighted by Gasteiger charge is -2.39. The van der Waals surface area contributed by atoms with Gasteiger partial charge in [0.1, 0.15) is 0 Å². The molecule has 0 atom stereocenters. The minimum Gasteiger partial charge on any atom is -0.280 e. The Morgan fingerprint density at radius 1 is 1.06 bits per heavy atom. The quantitative estimate of drug-likeness (QED) is 0.729. The highest BCUT2D eigenvalue weighted by atomic mass is 35.5. The molecule has 0 aromatic heterocycles. The second kappa shape index (κ2) is 4.13. The zero-order valence-corrected chi connectivity index (χ0v) is 10.7. The third kappa shape index (κ3) is 1.72. The van der Waals surface area contributed by atoms with Crippen LogP contribution in [0, 0.1) is 0 Å². The van der Waals surface area contributed by atoms with Gasteiger partial charge in [-0.25, -0.2) is 0 Å². The smallest absolute Gasteiger partial charge is 0.232 e. The van der Waals surface area contributed by atoms with Crippen LogP contribution < -0.4 is 0 Å². The Labute approximate surface area is 107 Å². The number of carbonyl (C=O) groups excluding carboxylic acids is 1. The SMILES string of the molecule is O=C(Cl)C1(c2ccc3c(c2)CCCC3)CCC1. The fourth-order valence-corrected chi connectivity index (χ4v) is 3.46. The van der Waals surface area contributed by atoms with Crippen LogP contribution in [0.25, 0.3) is 0 Å². The summed E-state index contributed by atoms with van der Waals surface area (Å²) < 4.78 is 0. The van der Waals surface area contributed by atoms with Gasteiger partial charge in [0.25, 0.3) is 0 Å². The lowest BCUT2D eigenvalue weighted by Crippen LogP contribution is -2.40. The molecule has 0 amide bonds. The summed E-state index contributed by atoms with van der Waals surface area (Å²) in [6.07, 6.45) is 7.90. The van der Waals surface area contributed by atoms with Gasteiger partial charge in [-0.05, 0) is 66.8 Å². The van der Waals surface area contributed by atoms with Gasteiger partial charge in [-0.15, -0.1) is 0 Å². The first kappa shape index (κ1) is 11.3. The van der Waals surface area contributed by atoms with E-state index in [0.717, 1.165) is 31.2 Å². The van der Waals surface area contributed by atoms with Crippen LogP contribution in [0.3, 0.4) is 0 Å². The highest BCUT2D eigenvalue weighted by molar-refractivity contribution is 6.65. The lowest BCUT2D eigenvalue weighted by molar-refractivity contribution is -0.119. The lowest BCUT2D eigenvalue weighted by atomic mass is 9.65. The molecule has 90 valence electrons. The predicted octanol–water partition coefficient (Wildman–Crippen LogP) is 3.75. The van der Waals surface area contributed by atoms with Gasteiger partial charge in [0.15, 0.2) is 0 Å². The molecule has 0 spiro atoms. The zero-order valence-electron chi connectivity index (χ0n) is 9.97. The Morgan fingerprint density at radius 2 is 1.76 bits per heavy atom. The maximum Gasteiger partial charge on any atom is 0.232 e. The Bertz CT molecular complexity index is 460. The van der Waals surface area contributed by atoms with Gasteiger partial charge in [0, 0.05) is 0 Å². The molecule has 0 aliphatic heterocycles. The van der Waals surface area contributed by atoms with Gasteiger partial charge in [0.2, 0.25) is 5.24 Å². The highest BCUT2D eigenvalue weighted by Crippen LogP contribution is 2.46. The fourth-order valence-electron chi connectivity index (χ4n) is 3.16. The minimum atomic E-state index is -0.353. The van der Waals surface area contributed by atoms with Crippen molar-refractivity contribution in [2.45, 2.75) is 50.4 Å². The van der Waals surface area contributed by atoms with E-state index in [-0.39, 0.29) is 10.7 Å². The van der Waals surface area contributed by atoms with Crippen LogP contribution in [0.1, 0.15) is 48.8 Å². The molecule has 3 rings (SSSR count). The van der Waals surface area contributed by atoms with Gasteiger partial charge < -0.3 is 0 Å². The molecule has 0 heterocycles. The minimum absolute atomic E-state index is 0.167. The van der Waals surface area contributed by atoms with Crippen molar-refractivity contribution in [1.82, 2.24) is 0 Å². The molecule has 2 heteroatoms. The Kier molecular flexibility index (Phi) is 2.74. The number of hydrogen-bond acceptors (Lipinski definition) is 1. The average Bonchev–Trinajstić information content (AvgIpc) is 2.27. The van der Waals surface area contributed by atoms with Crippen LogP contribution in [0.2, 0.25) is 0 Å². The monoisotopic (exact) mass is 248 g/mol. The molecule has 0 radical (unpaired) electrons. The molecule has 1 aromatic carbocycles. The third-order valence-electron chi connectivity index (χ3n) is 4.48. The molecule has 0 unspecified atom stereocenters. The first-order chi connectivity index (χ1) is 8.22. The molecule has 1 saturated carbocycles. The van der Waals surface area contributed by atoms with E-state index in [1.165, 1.54) is 30.4 Å². The van der Waals surface area contributed by atoms with Crippen LogP contribution in [-0.4, -0.2) is 5.24 Å². The van der Waals surface area contributed by atoms with Crippen molar-refractivity contribution in [1.29, 1.82) is 0 Å². The van der Waals surface area contributed by atoms with Crippen LogP contribution >= 0.6 is 11.6 Å². The number of benzene rings is 1. The summed E-state index contributed by atoms with van der Waals surface area (Å²) in [6, 6.07) is 6.58. The van der Waals surface area contributed by atoms with Gasteiger partial charge in [-0.1, -0.05) is 24.6 Å². The summed E-state index contributed by atoms with van der Waals surface area (Å²) in [5.41, 5.74) is 3.72. The zero-order chi connectivity index (χ0) is 11.9. The van der Waals surface area contributed by atoms with Crippen LogP contribution in [-0.2, 0) is 23.1 Å². The summed E-state index contributed by atoms with van der Waals surface area (Å²) in [7, 11) is 0. The van der Waals surface area contributed by atoms with Crippen LogP contribution in [0.5, 0.6) is 0 Å². The van der Waals surface area contributed by atoms with E-state index in [2.05, 4.69) is 18.2 Å². The van der Waals surface area contributed by atoms with E-state index in [1.807, 2.05) is 0 Å². The topological polar surface area (TPSA) is 17.1 Å². The summed E-state index contributed by atoms with van der Waals surface area (Å²) in [5.74, 6) is 0. The number of hydrogen-bond donors (Lipinski definition) is 0. The summed E-state index contributed by atoms with van der Waals surface area (Å²) >= 11 is 5.82. The first-order valence-electron chi connectivity index (χ1n) is 6.55. The van der Waals surface area contributed by atoms with Crippen molar-refractivity contribution in [3.63, 3.8) is 0 Å². The van der Waals surface area contributed by atoms with Crippen molar-refractivity contribution in [2.24, 2.45) is 0 Å². The van der Waals surface area contributed by atoms with E-state index in [0.29, 0.717) is 0 Å². The van der Waals surface area contributed by atoms with E-state index in [4.69, 9.17) is 11.6 Å². The molecule has 0 bridgehead atoms. The Balaban J connectivity index is 2.01. The number of rotatable bonds is 2. The molecule has 1 aromatic rings. The largest absolute Gasteiger partial charge is 0.280 e. The van der Waals surface area contributed by atoms with Crippen molar-refractivity contribution in [3.05, 3.63) is 34.9 Å². The van der Waals surface area contributed by atoms with E-state index >= 15 is 0 Å². The molecule has 2 aliphatic rings. The number of fused-ring (bicyclic) bond motifs is 1. The molecular formula is C15H17ClO. The highest BCUT2D eigenvalue weighted by Gasteiger charge is 2.44. The van der Waals surface area contributed by atoms with E-state index in [1.54, 1.807) is 0 Å². The molecule has 1 fully saturated rings. The number of halogens is 1. The van der Waals surface area contributed by atoms with Crippen LogP contribution in [0.15, 0.2) is 18.2 Å². The van der Waals surface area contributed by atoms with E-state index in [9.17, 15) is 4.79 Å². The van der Waals surface area contributed by atoms with Crippen molar-refractivity contribution in [3.8, 4) is 0 Å². The summed E-state index contributed by atoms with van der Waals surface area (Å²) in [6.45, 7) is 0. The second-order valence-electron chi connectivity index (χ2n) is 5.40. The standard InChI is InChI=1S/C15H17ClO/c16-14(17)15(8-3-9-15)13-7-6-11-4-1-2-5-12(11)10-13/h6-7,10H,1-5,8-9H2. The maximum absolute atomic E-state index is 11.7. The molecule has 0 N–H and O–H groups in total. The van der Waals surface area contributed by atoms with Crippen LogP contribution in [0.4, 0.5) is 0 Å². The van der Waals surface area contributed by atoms with Gasteiger partial charge in [-0.2, -0.15) is 0 Å². The van der Waals surface area contributed by atoms with Gasteiger partial charge >= 0.3 is 0 Å². The van der Waals surface area contributed by atoms with E-state index < -0.39 is 0 Å². The number of carbonyl (C=O) groups is 1. The van der Waals surface area contributed by atoms with Gasteiger partial charge in [0.05, 0.1) is 5.41 Å². The number of aryl methyl sites for hydroxylation is 2. The van der Waals surface area contributed by atoms with Crippen molar-refractivity contribution in [2.75, 3.05) is 0 Å². The molecular weight excluding hydrogens is 232 g/mol. The maximum atomic E-state index is 11.7. The predicted molar refractivity (Wildman–Crippen MR) is 69.5 cm³/mol. The average molecular weight is 249 g/mol. The molecule has 1 nitrogen and oxygen atoms in total. The Morgan fingerprint density at radius 3 is 2.35 bits per heavy atom. The molecule has 0 saturated heterocycles. The Hall–Kier alpha value is -0.820. The van der Waals surface area contributed by atoms with Crippen molar-refractivity contribution >= 4 is 16.8 Å². The third-order valence-corrected chi connectivity index (χ3v) is 4.85. The first-order valence-corrected chi connectivity index (χ1v) is 6.92. The summed E-state index contributed by atoms with van der Waals surface area (Å²) in [5, 5.41) is -0.167. The fraction of sp³-hybridized carbons (Fsp3) is 0.533. The normalized spacial score (nSPS) is 21.5. The van der Waals surface area contributed by atoms with Crippen molar-refractivity contribution < 1.29 is 4.79 Å². The summed E-state index contributed by atoms with van der Waals surface area (Å²) in [4.78, 5) is 11.7. The molecule has 2 aliphatic carbocycles.